The third kappa shape index (κ3) is 1.80. The van der Waals surface area contributed by atoms with E-state index < -0.39 is 0 Å². The summed E-state index contributed by atoms with van der Waals surface area (Å²) in [6.45, 7) is 0. The maximum Gasteiger partial charge on any atom is 0.128 e. The lowest BCUT2D eigenvalue weighted by Gasteiger charge is -1.92. The summed E-state index contributed by atoms with van der Waals surface area (Å²) < 4.78 is 5.22. The number of para-hydroxylation sites is 1. The Kier molecular flexibility index (Phi) is 2.47. The van der Waals surface area contributed by atoms with Gasteiger partial charge in [0.1, 0.15) is 11.8 Å². The van der Waals surface area contributed by atoms with Crippen molar-refractivity contribution < 1.29 is 4.42 Å². The zero-order chi connectivity index (χ0) is 12.4. The lowest BCUT2D eigenvalue weighted by molar-refractivity contribution is 0.557. The van der Waals surface area contributed by atoms with Gasteiger partial charge in [-0.3, -0.25) is 0 Å². The zero-order valence-electron chi connectivity index (χ0n) is 9.55. The van der Waals surface area contributed by atoms with E-state index in [1.165, 1.54) is 0 Å². The smallest absolute Gasteiger partial charge is 0.128 e. The molecule has 2 aromatic heterocycles. The van der Waals surface area contributed by atoms with E-state index in [9.17, 15) is 5.26 Å². The van der Waals surface area contributed by atoms with Crippen molar-refractivity contribution in [1.82, 2.24) is 4.98 Å². The molecule has 3 heteroatoms. The van der Waals surface area contributed by atoms with E-state index >= 15 is 0 Å². The summed E-state index contributed by atoms with van der Waals surface area (Å²) in [5, 5.41) is 10.3. The molecule has 0 atom stereocenters. The first-order chi connectivity index (χ1) is 8.86. The van der Waals surface area contributed by atoms with E-state index in [0.29, 0.717) is 11.3 Å². The van der Waals surface area contributed by atoms with Crippen LogP contribution in [0.2, 0.25) is 0 Å². The molecule has 0 aliphatic rings. The molecular weight excluding hydrogens is 224 g/mol. The molecule has 18 heavy (non-hydrogen) atoms. The number of rotatable bonds is 2. The van der Waals surface area contributed by atoms with Crippen LogP contribution in [0.15, 0.2) is 53.1 Å². The van der Waals surface area contributed by atoms with Crippen LogP contribution in [0.4, 0.5) is 0 Å². The van der Waals surface area contributed by atoms with E-state index in [4.69, 9.17) is 4.42 Å². The van der Waals surface area contributed by atoms with Gasteiger partial charge in [-0.15, -0.1) is 0 Å². The van der Waals surface area contributed by atoms with Gasteiger partial charge in [0, 0.05) is 17.0 Å². The van der Waals surface area contributed by atoms with Crippen molar-refractivity contribution in [1.29, 1.82) is 5.26 Å². The normalized spacial score (nSPS) is 11.6. The second kappa shape index (κ2) is 4.27. The predicted molar refractivity (Wildman–Crippen MR) is 70.5 cm³/mol. The molecule has 0 spiro atoms. The van der Waals surface area contributed by atoms with Gasteiger partial charge in [0.15, 0.2) is 0 Å². The summed E-state index contributed by atoms with van der Waals surface area (Å²) in [5.41, 5.74) is 2.38. The lowest BCUT2D eigenvalue weighted by Crippen LogP contribution is -1.80. The number of aromatic nitrogens is 1. The van der Waals surface area contributed by atoms with Crippen LogP contribution in [0.5, 0.6) is 0 Å². The summed E-state index contributed by atoms with van der Waals surface area (Å²) in [7, 11) is 0. The minimum Gasteiger partial charge on any atom is -0.465 e. The second-order valence-electron chi connectivity index (χ2n) is 3.96. The third-order valence-corrected chi connectivity index (χ3v) is 2.77. The highest BCUT2D eigenvalue weighted by molar-refractivity contribution is 5.93. The molecule has 1 N–H and O–H groups in total. The summed E-state index contributed by atoms with van der Waals surface area (Å²) in [5.74, 6) is 0.671. The fourth-order valence-electron chi connectivity index (χ4n) is 1.90. The molecule has 3 nitrogen and oxygen atoms in total. The summed E-state index contributed by atoms with van der Waals surface area (Å²) in [6.07, 6.45) is 3.32. The topological polar surface area (TPSA) is 52.7 Å². The van der Waals surface area contributed by atoms with Crippen LogP contribution in [0.1, 0.15) is 11.5 Å². The lowest BCUT2D eigenvalue weighted by atomic mass is 10.1. The van der Waals surface area contributed by atoms with E-state index in [-0.39, 0.29) is 0 Å². The number of benzene rings is 1. The molecule has 0 unspecified atom stereocenters. The molecule has 0 aliphatic heterocycles. The Bertz CT molecular complexity index is 709. The number of allylic oxidation sites excluding steroid dienone is 1. The van der Waals surface area contributed by atoms with Gasteiger partial charge in [-0.1, -0.05) is 18.2 Å². The molecule has 0 radical (unpaired) electrons. The predicted octanol–water partition coefficient (Wildman–Crippen LogP) is 3.83. The Labute approximate surface area is 104 Å². The molecule has 1 aromatic carbocycles. The first-order valence-electron chi connectivity index (χ1n) is 5.60. The standard InChI is InChI=1S/C15H10N2O/c16-10-12(8-13-5-3-7-18-13)15-9-11-4-1-2-6-14(11)17-15/h1-9,17H/b12-8+. The molecule has 86 valence electrons. The number of hydrogen-bond acceptors (Lipinski definition) is 2. The van der Waals surface area contributed by atoms with Gasteiger partial charge in [-0.2, -0.15) is 5.26 Å². The highest BCUT2D eigenvalue weighted by Gasteiger charge is 2.06. The van der Waals surface area contributed by atoms with Crippen molar-refractivity contribution in [2.75, 3.05) is 0 Å². The van der Waals surface area contributed by atoms with E-state index in [1.807, 2.05) is 36.4 Å². The van der Waals surface area contributed by atoms with Crippen LogP contribution in [-0.4, -0.2) is 4.98 Å². The molecule has 2 heterocycles. The van der Waals surface area contributed by atoms with Crippen LogP contribution >= 0.6 is 0 Å². The monoisotopic (exact) mass is 234 g/mol. The van der Waals surface area contributed by atoms with Crippen molar-refractivity contribution >= 4 is 22.6 Å². The average molecular weight is 234 g/mol. The minimum absolute atomic E-state index is 0.557. The molecule has 0 saturated carbocycles. The van der Waals surface area contributed by atoms with Gasteiger partial charge in [0.25, 0.3) is 0 Å². The molecule has 0 bridgehead atoms. The van der Waals surface area contributed by atoms with Crippen molar-refractivity contribution in [2.24, 2.45) is 0 Å². The maximum absolute atomic E-state index is 9.22. The molecule has 0 fully saturated rings. The summed E-state index contributed by atoms with van der Waals surface area (Å²) >= 11 is 0. The van der Waals surface area contributed by atoms with Crippen LogP contribution < -0.4 is 0 Å². The number of aromatic amines is 1. The van der Waals surface area contributed by atoms with Gasteiger partial charge in [0.05, 0.1) is 17.5 Å². The first kappa shape index (κ1) is 10.4. The first-order valence-corrected chi connectivity index (χ1v) is 5.60. The van der Waals surface area contributed by atoms with Gasteiger partial charge in [0.2, 0.25) is 0 Å². The third-order valence-electron chi connectivity index (χ3n) is 2.77. The van der Waals surface area contributed by atoms with E-state index in [1.54, 1.807) is 18.4 Å². The Morgan fingerprint density at radius 2 is 2.11 bits per heavy atom. The van der Waals surface area contributed by atoms with Crippen LogP contribution in [-0.2, 0) is 0 Å². The van der Waals surface area contributed by atoms with Crippen LogP contribution in [0.25, 0.3) is 22.6 Å². The van der Waals surface area contributed by atoms with Crippen molar-refractivity contribution in [3.05, 3.63) is 60.2 Å². The summed E-state index contributed by atoms with van der Waals surface area (Å²) in [6, 6.07) is 15.7. The van der Waals surface area contributed by atoms with E-state index in [2.05, 4.69) is 11.1 Å². The SMILES string of the molecule is N#C/C(=C\c1ccco1)c1cc2ccccc2[nH]1. The Hall–Kier alpha value is -2.73. The van der Waals surface area contributed by atoms with Crippen molar-refractivity contribution in [2.45, 2.75) is 0 Å². The molecule has 3 aromatic rings. The van der Waals surface area contributed by atoms with Gasteiger partial charge in [-0.05, 0) is 24.3 Å². The largest absolute Gasteiger partial charge is 0.465 e. The highest BCUT2D eigenvalue weighted by Crippen LogP contribution is 2.22. The minimum atomic E-state index is 0.557. The number of nitrogens with one attached hydrogen (secondary N) is 1. The molecule has 0 aliphatic carbocycles. The number of furan rings is 1. The number of fused-ring (bicyclic) bond motifs is 1. The average Bonchev–Trinajstić information content (AvgIpc) is 3.04. The van der Waals surface area contributed by atoms with Crippen molar-refractivity contribution in [3.8, 4) is 6.07 Å². The van der Waals surface area contributed by atoms with Crippen LogP contribution in [0, 0.1) is 11.3 Å². The summed E-state index contributed by atoms with van der Waals surface area (Å²) in [4.78, 5) is 3.23. The fourth-order valence-corrected chi connectivity index (χ4v) is 1.90. The van der Waals surface area contributed by atoms with Crippen molar-refractivity contribution in [3.63, 3.8) is 0 Å². The quantitative estimate of drug-likeness (QED) is 0.685. The molecule has 0 amide bonds. The maximum atomic E-state index is 9.22. The fraction of sp³-hybridized carbons (Fsp3) is 0. The number of H-pyrrole nitrogens is 1. The van der Waals surface area contributed by atoms with Gasteiger partial charge < -0.3 is 9.40 Å². The second-order valence-corrected chi connectivity index (χ2v) is 3.96. The number of hydrogen-bond donors (Lipinski definition) is 1. The highest BCUT2D eigenvalue weighted by atomic mass is 16.3. The van der Waals surface area contributed by atoms with Gasteiger partial charge in [-0.25, -0.2) is 0 Å². The molecular formula is C15H10N2O. The Balaban J connectivity index is 2.09. The Morgan fingerprint density at radius 3 is 2.83 bits per heavy atom. The van der Waals surface area contributed by atoms with E-state index in [0.717, 1.165) is 16.6 Å². The zero-order valence-corrected chi connectivity index (χ0v) is 9.55. The number of nitrogens with zero attached hydrogens (tertiary/aromatic N) is 1. The van der Waals surface area contributed by atoms with Crippen LogP contribution in [0.3, 0.4) is 0 Å². The molecule has 0 saturated heterocycles. The Morgan fingerprint density at radius 1 is 1.22 bits per heavy atom. The molecule has 3 rings (SSSR count). The van der Waals surface area contributed by atoms with Gasteiger partial charge >= 0.3 is 0 Å². The number of nitriles is 1.